The fourth-order valence-corrected chi connectivity index (χ4v) is 5.17. The summed E-state index contributed by atoms with van der Waals surface area (Å²) in [6, 6.07) is 7.14. The van der Waals surface area contributed by atoms with Crippen LogP contribution in [0.15, 0.2) is 24.3 Å². The molecule has 0 aliphatic carbocycles. The summed E-state index contributed by atoms with van der Waals surface area (Å²) in [5.41, 5.74) is 1.31. The fourth-order valence-electron chi connectivity index (χ4n) is 2.51. The van der Waals surface area contributed by atoms with Gasteiger partial charge in [-0.25, -0.2) is 13.4 Å². The third-order valence-corrected chi connectivity index (χ3v) is 7.03. The van der Waals surface area contributed by atoms with Crippen molar-refractivity contribution in [3.8, 4) is 0 Å². The lowest BCUT2D eigenvalue weighted by Crippen LogP contribution is -2.31. The zero-order valence-electron chi connectivity index (χ0n) is 13.4. The van der Waals surface area contributed by atoms with E-state index < -0.39 is 10.0 Å². The summed E-state index contributed by atoms with van der Waals surface area (Å²) >= 11 is 1.34. The van der Waals surface area contributed by atoms with Gasteiger partial charge in [-0.2, -0.15) is 0 Å². The molecule has 2 heterocycles. The molecule has 2 aromatic rings. The first-order valence-electron chi connectivity index (χ1n) is 7.24. The van der Waals surface area contributed by atoms with Gasteiger partial charge < -0.3 is 5.11 Å². The SMILES string of the molecule is Cc1ccccc1C1=C(O)c2sc(C(C)C)nc2N(C)S1(=O)=O. The van der Waals surface area contributed by atoms with Crippen LogP contribution in [0.1, 0.15) is 40.8 Å². The standard InChI is InChI=1S/C16H18N2O3S2/c1-9(2)16-17-15-13(22-16)12(19)14(23(20,21)18(15)4)11-8-6-5-7-10(11)3/h5-9,19H,1-4H3. The van der Waals surface area contributed by atoms with Gasteiger partial charge in [-0.05, 0) is 12.5 Å². The van der Waals surface area contributed by atoms with Gasteiger partial charge in [-0.1, -0.05) is 38.1 Å². The summed E-state index contributed by atoms with van der Waals surface area (Å²) in [6.07, 6.45) is 0. The summed E-state index contributed by atoms with van der Waals surface area (Å²) in [4.78, 5) is 4.85. The number of aliphatic hydroxyl groups is 1. The molecule has 0 spiro atoms. The number of rotatable bonds is 2. The largest absolute Gasteiger partial charge is 0.505 e. The van der Waals surface area contributed by atoms with E-state index >= 15 is 0 Å². The Labute approximate surface area is 140 Å². The third kappa shape index (κ3) is 2.35. The van der Waals surface area contributed by atoms with Crippen molar-refractivity contribution in [2.75, 3.05) is 11.4 Å². The van der Waals surface area contributed by atoms with Gasteiger partial charge in [0.25, 0.3) is 10.0 Å². The first kappa shape index (κ1) is 16.0. The van der Waals surface area contributed by atoms with Gasteiger partial charge in [0.15, 0.2) is 11.6 Å². The van der Waals surface area contributed by atoms with Crippen LogP contribution in [0.5, 0.6) is 0 Å². The number of aromatic nitrogens is 1. The Morgan fingerprint density at radius 3 is 2.52 bits per heavy atom. The highest BCUT2D eigenvalue weighted by Crippen LogP contribution is 2.45. The predicted octanol–water partition coefficient (Wildman–Crippen LogP) is 3.74. The molecule has 0 saturated heterocycles. The lowest BCUT2D eigenvalue weighted by molar-refractivity contribution is 0.515. The maximum absolute atomic E-state index is 12.9. The van der Waals surface area contributed by atoms with E-state index in [0.29, 0.717) is 16.3 Å². The minimum atomic E-state index is -3.85. The van der Waals surface area contributed by atoms with Gasteiger partial charge in [0.2, 0.25) is 0 Å². The number of anilines is 1. The Bertz CT molecular complexity index is 911. The maximum Gasteiger partial charge on any atom is 0.269 e. The third-order valence-electron chi connectivity index (χ3n) is 3.86. The van der Waals surface area contributed by atoms with Gasteiger partial charge in [-0.3, -0.25) is 4.31 Å². The summed E-state index contributed by atoms with van der Waals surface area (Å²) in [7, 11) is -2.37. The van der Waals surface area contributed by atoms with Crippen LogP contribution in [0.2, 0.25) is 0 Å². The molecule has 1 aromatic carbocycles. The molecule has 0 amide bonds. The minimum Gasteiger partial charge on any atom is -0.505 e. The maximum atomic E-state index is 12.9. The summed E-state index contributed by atoms with van der Waals surface area (Å²) in [6.45, 7) is 5.80. The van der Waals surface area contributed by atoms with Gasteiger partial charge in [-0.15, -0.1) is 11.3 Å². The average molecular weight is 350 g/mol. The molecule has 122 valence electrons. The number of fused-ring (bicyclic) bond motifs is 1. The first-order valence-corrected chi connectivity index (χ1v) is 9.50. The second-order valence-electron chi connectivity index (χ2n) is 5.82. The van der Waals surface area contributed by atoms with Crippen molar-refractivity contribution in [3.05, 3.63) is 45.3 Å². The van der Waals surface area contributed by atoms with Gasteiger partial charge in [0.05, 0.1) is 5.01 Å². The predicted molar refractivity (Wildman–Crippen MR) is 94.1 cm³/mol. The lowest BCUT2D eigenvalue weighted by Gasteiger charge is -2.26. The van der Waals surface area contributed by atoms with Crippen molar-refractivity contribution in [3.63, 3.8) is 0 Å². The zero-order valence-corrected chi connectivity index (χ0v) is 15.0. The van der Waals surface area contributed by atoms with Crippen molar-refractivity contribution in [2.45, 2.75) is 26.7 Å². The molecule has 0 radical (unpaired) electrons. The molecular weight excluding hydrogens is 332 g/mol. The van der Waals surface area contributed by atoms with Crippen LogP contribution >= 0.6 is 11.3 Å². The van der Waals surface area contributed by atoms with Crippen molar-refractivity contribution in [1.29, 1.82) is 0 Å². The van der Waals surface area contributed by atoms with Gasteiger partial charge in [0, 0.05) is 18.5 Å². The van der Waals surface area contributed by atoms with E-state index in [9.17, 15) is 13.5 Å². The van der Waals surface area contributed by atoms with Crippen LogP contribution in [-0.2, 0) is 10.0 Å². The minimum absolute atomic E-state index is 0.0513. The van der Waals surface area contributed by atoms with Crippen LogP contribution in [-0.4, -0.2) is 25.6 Å². The monoisotopic (exact) mass is 350 g/mol. The molecule has 0 bridgehead atoms. The topological polar surface area (TPSA) is 70.5 Å². The first-order chi connectivity index (χ1) is 10.7. The van der Waals surface area contributed by atoms with Crippen LogP contribution in [0, 0.1) is 6.92 Å². The molecule has 5 nitrogen and oxygen atoms in total. The van der Waals surface area contributed by atoms with E-state index in [1.807, 2.05) is 32.9 Å². The van der Waals surface area contributed by atoms with Crippen molar-refractivity contribution in [2.24, 2.45) is 0 Å². The molecule has 1 aliphatic rings. The van der Waals surface area contributed by atoms with Crippen LogP contribution in [0.25, 0.3) is 10.7 Å². The van der Waals surface area contributed by atoms with E-state index in [2.05, 4.69) is 4.98 Å². The van der Waals surface area contributed by atoms with Gasteiger partial charge >= 0.3 is 0 Å². The molecule has 7 heteroatoms. The molecule has 0 unspecified atom stereocenters. The molecule has 0 fully saturated rings. The highest BCUT2D eigenvalue weighted by molar-refractivity contribution is 8.02. The second-order valence-corrected chi connectivity index (χ2v) is 8.76. The Morgan fingerprint density at radius 2 is 1.91 bits per heavy atom. The second kappa shape index (κ2) is 5.35. The highest BCUT2D eigenvalue weighted by Gasteiger charge is 2.39. The van der Waals surface area contributed by atoms with Crippen LogP contribution in [0.4, 0.5) is 5.82 Å². The fraction of sp³-hybridized carbons (Fsp3) is 0.312. The number of benzene rings is 1. The Hall–Kier alpha value is -1.86. The van der Waals surface area contributed by atoms with Crippen molar-refractivity contribution in [1.82, 2.24) is 4.98 Å². The van der Waals surface area contributed by atoms with Crippen LogP contribution in [0.3, 0.4) is 0 Å². The highest BCUT2D eigenvalue weighted by atomic mass is 32.2. The van der Waals surface area contributed by atoms with E-state index in [1.165, 1.54) is 18.4 Å². The molecule has 23 heavy (non-hydrogen) atoms. The van der Waals surface area contributed by atoms with Crippen LogP contribution < -0.4 is 4.31 Å². The number of aliphatic hydroxyl groups excluding tert-OH is 1. The molecule has 1 N–H and O–H groups in total. The Balaban J connectivity index is 2.34. The van der Waals surface area contributed by atoms with E-state index in [1.54, 1.807) is 12.1 Å². The zero-order chi connectivity index (χ0) is 16.9. The van der Waals surface area contributed by atoms with E-state index in [4.69, 9.17) is 0 Å². The lowest BCUT2D eigenvalue weighted by atomic mass is 10.1. The number of aryl methyl sites for hydroxylation is 1. The molecule has 3 rings (SSSR count). The summed E-state index contributed by atoms with van der Waals surface area (Å²) in [5.74, 6) is 0.252. The average Bonchev–Trinajstić information content (AvgIpc) is 2.93. The molecule has 1 aliphatic heterocycles. The Kier molecular flexibility index (Phi) is 3.72. The quantitative estimate of drug-likeness (QED) is 0.896. The number of thiazole rings is 1. The number of sulfonamides is 1. The molecular formula is C16H18N2O3S2. The summed E-state index contributed by atoms with van der Waals surface area (Å²) < 4.78 is 26.9. The number of hydrogen-bond acceptors (Lipinski definition) is 5. The normalized spacial score (nSPS) is 16.8. The smallest absolute Gasteiger partial charge is 0.269 e. The van der Waals surface area contributed by atoms with E-state index in [0.717, 1.165) is 14.9 Å². The molecule has 0 atom stereocenters. The number of hydrogen-bond donors (Lipinski definition) is 1. The molecule has 1 aromatic heterocycles. The summed E-state index contributed by atoms with van der Waals surface area (Å²) in [5, 5.41) is 11.5. The van der Waals surface area contributed by atoms with E-state index in [-0.39, 0.29) is 16.6 Å². The van der Waals surface area contributed by atoms with Gasteiger partial charge in [0.1, 0.15) is 9.78 Å². The van der Waals surface area contributed by atoms with Crippen molar-refractivity contribution >= 4 is 37.8 Å². The Morgan fingerprint density at radius 1 is 1.26 bits per heavy atom. The van der Waals surface area contributed by atoms with Crippen molar-refractivity contribution < 1.29 is 13.5 Å². The molecule has 0 saturated carbocycles. The number of nitrogens with zero attached hydrogens (tertiary/aromatic N) is 2.